The molecule has 7 heteroatoms. The van der Waals surface area contributed by atoms with Gasteiger partial charge in [-0.25, -0.2) is 22.5 Å². The van der Waals surface area contributed by atoms with Crippen LogP contribution >= 0.6 is 15.9 Å². The van der Waals surface area contributed by atoms with Crippen LogP contribution in [-0.2, 0) is 10.0 Å². The zero-order chi connectivity index (χ0) is 14.8. The Morgan fingerprint density at radius 2 is 1.90 bits per heavy atom. The van der Waals surface area contributed by atoms with Gasteiger partial charge in [0.15, 0.2) is 5.82 Å². The van der Waals surface area contributed by atoms with Crippen molar-refractivity contribution in [3.05, 3.63) is 58.4 Å². The largest absolute Gasteiger partial charge is 0.261 e. The number of rotatable bonds is 4. The average molecular weight is 359 g/mol. The molecule has 0 aliphatic carbocycles. The van der Waals surface area contributed by atoms with Gasteiger partial charge in [-0.1, -0.05) is 28.1 Å². The highest BCUT2D eigenvalue weighted by Crippen LogP contribution is 2.19. The number of nitrogens with one attached hydrogen (secondary N) is 1. The molecule has 0 aliphatic rings. The minimum atomic E-state index is -4.00. The lowest BCUT2D eigenvalue weighted by Crippen LogP contribution is -2.28. The van der Waals surface area contributed by atoms with Crippen molar-refractivity contribution in [3.8, 4) is 0 Å². The van der Waals surface area contributed by atoms with Crippen LogP contribution < -0.4 is 4.72 Å². The van der Waals surface area contributed by atoms with Crippen molar-refractivity contribution in [2.75, 3.05) is 0 Å². The first-order valence-electron chi connectivity index (χ1n) is 5.78. The summed E-state index contributed by atoms with van der Waals surface area (Å²) in [6.45, 7) is 1.68. The summed E-state index contributed by atoms with van der Waals surface area (Å²) in [6.07, 6.45) is 1.24. The fraction of sp³-hybridized carbons (Fsp3) is 0.154. The summed E-state index contributed by atoms with van der Waals surface area (Å²) in [6, 6.07) is 9.09. The normalized spacial score (nSPS) is 13.2. The van der Waals surface area contributed by atoms with Gasteiger partial charge in [0.2, 0.25) is 5.03 Å². The van der Waals surface area contributed by atoms with E-state index in [2.05, 4.69) is 25.6 Å². The lowest BCUT2D eigenvalue weighted by atomic mass is 10.1. The molecule has 1 atom stereocenters. The number of aromatic nitrogens is 1. The van der Waals surface area contributed by atoms with Gasteiger partial charge in [-0.05, 0) is 36.8 Å². The number of benzene rings is 1. The molecule has 20 heavy (non-hydrogen) atoms. The van der Waals surface area contributed by atoms with E-state index in [1.165, 1.54) is 12.3 Å². The zero-order valence-electron chi connectivity index (χ0n) is 10.5. The van der Waals surface area contributed by atoms with Gasteiger partial charge in [-0.3, -0.25) is 0 Å². The van der Waals surface area contributed by atoms with E-state index in [0.717, 1.165) is 16.1 Å². The molecule has 4 nitrogen and oxygen atoms in total. The lowest BCUT2D eigenvalue weighted by molar-refractivity contribution is 0.536. The molecule has 1 heterocycles. The molecule has 0 spiro atoms. The average Bonchev–Trinajstić information content (AvgIpc) is 2.39. The van der Waals surface area contributed by atoms with E-state index in [1.807, 2.05) is 12.1 Å². The third kappa shape index (κ3) is 3.41. The molecule has 1 aromatic heterocycles. The highest BCUT2D eigenvalue weighted by molar-refractivity contribution is 9.10. The van der Waals surface area contributed by atoms with Gasteiger partial charge in [0.25, 0.3) is 10.0 Å². The maximum Gasteiger partial charge on any atom is 0.261 e. The van der Waals surface area contributed by atoms with Crippen molar-refractivity contribution in [1.82, 2.24) is 9.71 Å². The molecule has 0 fully saturated rings. The summed E-state index contributed by atoms with van der Waals surface area (Å²) in [5, 5.41) is -0.594. The Morgan fingerprint density at radius 3 is 2.50 bits per heavy atom. The van der Waals surface area contributed by atoms with Crippen LogP contribution in [0.5, 0.6) is 0 Å². The number of halogens is 2. The standard InChI is InChI=1S/C13H12BrFN2O2S/c1-9(10-4-6-11(14)7-5-10)17-20(18,19)13-12(15)3-2-8-16-13/h2-9,17H,1H3/t9-/m1/s1. The Labute approximate surface area is 125 Å². The van der Waals surface area contributed by atoms with Crippen molar-refractivity contribution < 1.29 is 12.8 Å². The Morgan fingerprint density at radius 1 is 1.25 bits per heavy atom. The van der Waals surface area contributed by atoms with Crippen LogP contribution in [0.1, 0.15) is 18.5 Å². The molecule has 0 bridgehead atoms. The molecule has 2 aromatic rings. The van der Waals surface area contributed by atoms with Crippen LogP contribution in [0.3, 0.4) is 0 Å². The number of pyridine rings is 1. The molecule has 0 saturated heterocycles. The Bertz CT molecular complexity index is 705. The van der Waals surface area contributed by atoms with E-state index in [0.29, 0.717) is 0 Å². The molecule has 106 valence electrons. The monoisotopic (exact) mass is 358 g/mol. The van der Waals surface area contributed by atoms with Gasteiger partial charge in [-0.2, -0.15) is 0 Å². The van der Waals surface area contributed by atoms with Crippen molar-refractivity contribution in [3.63, 3.8) is 0 Å². The molecular formula is C13H12BrFN2O2S. The summed E-state index contributed by atoms with van der Waals surface area (Å²) >= 11 is 3.30. The number of hydrogen-bond donors (Lipinski definition) is 1. The van der Waals surface area contributed by atoms with Gasteiger partial charge in [0.05, 0.1) is 0 Å². The van der Waals surface area contributed by atoms with E-state index in [9.17, 15) is 12.8 Å². The SMILES string of the molecule is C[C@@H](NS(=O)(=O)c1ncccc1F)c1ccc(Br)cc1. The molecule has 0 saturated carbocycles. The van der Waals surface area contributed by atoms with E-state index in [1.54, 1.807) is 19.1 Å². The van der Waals surface area contributed by atoms with E-state index in [-0.39, 0.29) is 0 Å². The van der Waals surface area contributed by atoms with Crippen molar-refractivity contribution in [2.45, 2.75) is 18.0 Å². The van der Waals surface area contributed by atoms with Gasteiger partial charge in [0, 0.05) is 16.7 Å². The molecule has 1 aromatic carbocycles. The third-order valence-corrected chi connectivity index (χ3v) is 4.68. The quantitative estimate of drug-likeness (QED) is 0.913. The van der Waals surface area contributed by atoms with Crippen molar-refractivity contribution >= 4 is 26.0 Å². The van der Waals surface area contributed by atoms with Crippen molar-refractivity contribution in [1.29, 1.82) is 0 Å². The minimum Gasteiger partial charge on any atom is -0.241 e. The number of sulfonamides is 1. The maximum atomic E-state index is 13.5. The summed E-state index contributed by atoms with van der Waals surface area (Å²) in [4.78, 5) is 3.58. The van der Waals surface area contributed by atoms with E-state index < -0.39 is 26.9 Å². The van der Waals surface area contributed by atoms with E-state index >= 15 is 0 Å². The number of hydrogen-bond acceptors (Lipinski definition) is 3. The second kappa shape index (κ2) is 5.99. The molecule has 2 rings (SSSR count). The Kier molecular flexibility index (Phi) is 4.52. The molecule has 0 unspecified atom stereocenters. The Hall–Kier alpha value is -1.31. The predicted molar refractivity (Wildman–Crippen MR) is 77.1 cm³/mol. The first-order valence-corrected chi connectivity index (χ1v) is 8.06. The molecular weight excluding hydrogens is 347 g/mol. The van der Waals surface area contributed by atoms with Gasteiger partial charge >= 0.3 is 0 Å². The molecule has 0 radical (unpaired) electrons. The predicted octanol–water partition coefficient (Wildman–Crippen LogP) is 3.02. The van der Waals surface area contributed by atoms with Crippen LogP contribution in [0.15, 0.2) is 52.1 Å². The van der Waals surface area contributed by atoms with Gasteiger partial charge < -0.3 is 0 Å². The Balaban J connectivity index is 2.24. The summed E-state index contributed by atoms with van der Waals surface area (Å²) < 4.78 is 41.0. The van der Waals surface area contributed by atoms with Gasteiger partial charge in [0.1, 0.15) is 0 Å². The molecule has 0 aliphatic heterocycles. The van der Waals surface area contributed by atoms with Crippen LogP contribution in [-0.4, -0.2) is 13.4 Å². The van der Waals surface area contributed by atoms with Crippen molar-refractivity contribution in [2.24, 2.45) is 0 Å². The summed E-state index contributed by atoms with van der Waals surface area (Å²) in [5.74, 6) is -0.872. The fourth-order valence-corrected chi connectivity index (χ4v) is 3.18. The smallest absolute Gasteiger partial charge is 0.241 e. The lowest BCUT2D eigenvalue weighted by Gasteiger charge is -2.14. The zero-order valence-corrected chi connectivity index (χ0v) is 12.9. The molecule has 0 amide bonds. The topological polar surface area (TPSA) is 59.1 Å². The molecule has 1 N–H and O–H groups in total. The highest BCUT2D eigenvalue weighted by Gasteiger charge is 2.23. The van der Waals surface area contributed by atoms with Crippen LogP contribution in [0.2, 0.25) is 0 Å². The highest BCUT2D eigenvalue weighted by atomic mass is 79.9. The van der Waals surface area contributed by atoms with Crippen LogP contribution in [0.25, 0.3) is 0 Å². The van der Waals surface area contributed by atoms with Crippen LogP contribution in [0.4, 0.5) is 4.39 Å². The van der Waals surface area contributed by atoms with Gasteiger partial charge in [-0.15, -0.1) is 0 Å². The summed E-state index contributed by atoms with van der Waals surface area (Å²) in [5.41, 5.74) is 0.771. The fourth-order valence-electron chi connectivity index (χ4n) is 1.68. The first-order chi connectivity index (χ1) is 9.40. The second-order valence-electron chi connectivity index (χ2n) is 4.18. The number of nitrogens with zero attached hydrogens (tertiary/aromatic N) is 1. The van der Waals surface area contributed by atoms with Crippen LogP contribution in [0, 0.1) is 5.82 Å². The van der Waals surface area contributed by atoms with E-state index in [4.69, 9.17) is 0 Å². The second-order valence-corrected chi connectivity index (χ2v) is 6.73. The first kappa shape index (κ1) is 15.1. The summed E-state index contributed by atoms with van der Waals surface area (Å²) in [7, 11) is -4.00. The third-order valence-electron chi connectivity index (χ3n) is 2.68. The maximum absolute atomic E-state index is 13.5. The minimum absolute atomic E-state index is 0.491.